The van der Waals surface area contributed by atoms with Crippen molar-refractivity contribution in [2.24, 2.45) is 0 Å². The van der Waals surface area contributed by atoms with Gasteiger partial charge >= 0.3 is 5.97 Å². The minimum Gasteiger partial charge on any atom is -0.462 e. The smallest absolute Gasteiger partial charge is 0.330 e. The Kier molecular flexibility index (Phi) is 6.38. The number of hydrogen-bond donors (Lipinski definition) is 0. The molecule has 0 spiro atoms. The van der Waals surface area contributed by atoms with E-state index in [4.69, 9.17) is 4.74 Å². The number of rotatable bonds is 5. The van der Waals surface area contributed by atoms with Gasteiger partial charge in [0.25, 0.3) is 0 Å². The molecule has 0 saturated heterocycles. The molecule has 0 aromatic rings. The fraction of sp³-hybridized carbons (Fsp3) is 0.667. The number of ether oxygens (including phenoxy) is 1. The Labute approximate surface area is 74.0 Å². The number of carbonyl (C=O) groups is 1. The third-order valence-electron chi connectivity index (χ3n) is 1.30. The highest BCUT2D eigenvalue weighted by Gasteiger charge is 1.95. The second-order valence-corrected chi connectivity index (χ2v) is 2.82. The number of hydrogen-bond acceptors (Lipinski definition) is 3. The van der Waals surface area contributed by atoms with Gasteiger partial charge in [-0.2, -0.15) is 0 Å². The summed E-state index contributed by atoms with van der Waals surface area (Å²) in [6.45, 7) is 3.24. The van der Waals surface area contributed by atoms with Crippen molar-refractivity contribution in [2.75, 3.05) is 27.2 Å². The van der Waals surface area contributed by atoms with Gasteiger partial charge in [-0.15, -0.1) is 0 Å². The summed E-state index contributed by atoms with van der Waals surface area (Å²) in [4.78, 5) is 12.8. The van der Waals surface area contributed by atoms with Crippen molar-refractivity contribution in [2.45, 2.75) is 13.3 Å². The third-order valence-corrected chi connectivity index (χ3v) is 1.30. The average Bonchev–Trinajstić information content (AvgIpc) is 1.98. The summed E-state index contributed by atoms with van der Waals surface area (Å²) in [7, 11) is 3.99. The molecule has 0 bridgehead atoms. The zero-order valence-corrected chi connectivity index (χ0v) is 8.04. The van der Waals surface area contributed by atoms with Crippen LogP contribution in [0.3, 0.4) is 0 Å². The van der Waals surface area contributed by atoms with Crippen LogP contribution in [0.2, 0.25) is 0 Å². The first kappa shape index (κ1) is 11.2. The Bertz CT molecular complexity index is 153. The first-order chi connectivity index (χ1) is 5.66. The first-order valence-corrected chi connectivity index (χ1v) is 4.11. The molecule has 0 aromatic heterocycles. The van der Waals surface area contributed by atoms with E-state index in [1.54, 1.807) is 13.0 Å². The Morgan fingerprint density at radius 1 is 1.50 bits per heavy atom. The van der Waals surface area contributed by atoms with Crippen LogP contribution in [0.25, 0.3) is 0 Å². The standard InChI is InChI=1S/C9H17NO2/c1-4-6-9(11)12-8-5-7-10(2)3/h4,6H,5,7-8H2,1-3H3. The molecule has 0 heterocycles. The van der Waals surface area contributed by atoms with Crippen LogP contribution in [0.4, 0.5) is 0 Å². The van der Waals surface area contributed by atoms with Gasteiger partial charge in [0.15, 0.2) is 0 Å². The molecule has 3 nitrogen and oxygen atoms in total. The molecule has 70 valence electrons. The molecule has 0 aliphatic rings. The van der Waals surface area contributed by atoms with Crippen LogP contribution in [-0.2, 0) is 9.53 Å². The van der Waals surface area contributed by atoms with Gasteiger partial charge in [0.2, 0.25) is 0 Å². The van der Waals surface area contributed by atoms with E-state index in [2.05, 4.69) is 4.90 Å². The monoisotopic (exact) mass is 171 g/mol. The normalized spacial score (nSPS) is 11.0. The van der Waals surface area contributed by atoms with Gasteiger partial charge in [-0.3, -0.25) is 0 Å². The van der Waals surface area contributed by atoms with Crippen LogP contribution in [0, 0.1) is 0 Å². The van der Waals surface area contributed by atoms with E-state index >= 15 is 0 Å². The van der Waals surface area contributed by atoms with Gasteiger partial charge in [-0.05, 0) is 27.4 Å². The van der Waals surface area contributed by atoms with Crippen molar-refractivity contribution < 1.29 is 9.53 Å². The largest absolute Gasteiger partial charge is 0.462 e. The summed E-state index contributed by atoms with van der Waals surface area (Å²) < 4.78 is 4.88. The maximum Gasteiger partial charge on any atom is 0.330 e. The van der Waals surface area contributed by atoms with Crippen molar-refractivity contribution >= 4 is 5.97 Å². The summed E-state index contributed by atoms with van der Waals surface area (Å²) in [6.07, 6.45) is 3.99. The van der Waals surface area contributed by atoms with Crippen LogP contribution in [0.5, 0.6) is 0 Å². The van der Waals surface area contributed by atoms with Gasteiger partial charge in [-0.1, -0.05) is 6.08 Å². The predicted molar refractivity (Wildman–Crippen MR) is 48.9 cm³/mol. The number of allylic oxidation sites excluding steroid dienone is 1. The molecule has 0 amide bonds. The van der Waals surface area contributed by atoms with Crippen LogP contribution in [0.15, 0.2) is 12.2 Å². The van der Waals surface area contributed by atoms with E-state index in [0.29, 0.717) is 6.61 Å². The first-order valence-electron chi connectivity index (χ1n) is 4.11. The zero-order valence-electron chi connectivity index (χ0n) is 8.04. The van der Waals surface area contributed by atoms with E-state index in [1.807, 2.05) is 14.1 Å². The van der Waals surface area contributed by atoms with Gasteiger partial charge in [0.1, 0.15) is 0 Å². The lowest BCUT2D eigenvalue weighted by atomic mass is 10.4. The van der Waals surface area contributed by atoms with Gasteiger partial charge in [0.05, 0.1) is 6.61 Å². The van der Waals surface area contributed by atoms with E-state index in [9.17, 15) is 4.79 Å². The Balaban J connectivity index is 3.25. The second kappa shape index (κ2) is 6.85. The van der Waals surface area contributed by atoms with Crippen molar-refractivity contribution in [1.29, 1.82) is 0 Å². The fourth-order valence-corrected chi connectivity index (χ4v) is 0.738. The van der Waals surface area contributed by atoms with Crippen molar-refractivity contribution in [3.05, 3.63) is 12.2 Å². The molecule has 0 fully saturated rings. The van der Waals surface area contributed by atoms with E-state index in [-0.39, 0.29) is 5.97 Å². The summed E-state index contributed by atoms with van der Waals surface area (Å²) in [5.41, 5.74) is 0. The Hall–Kier alpha value is -0.830. The highest BCUT2D eigenvalue weighted by molar-refractivity contribution is 5.81. The van der Waals surface area contributed by atoms with Crippen molar-refractivity contribution in [1.82, 2.24) is 4.90 Å². The van der Waals surface area contributed by atoms with Crippen LogP contribution in [-0.4, -0.2) is 38.1 Å². The maximum absolute atomic E-state index is 10.8. The highest BCUT2D eigenvalue weighted by Crippen LogP contribution is 1.87. The highest BCUT2D eigenvalue weighted by atomic mass is 16.5. The van der Waals surface area contributed by atoms with E-state index < -0.39 is 0 Å². The van der Waals surface area contributed by atoms with Crippen molar-refractivity contribution in [3.63, 3.8) is 0 Å². The molecule has 3 heteroatoms. The van der Waals surface area contributed by atoms with Crippen LogP contribution in [0.1, 0.15) is 13.3 Å². The minimum atomic E-state index is -0.253. The quantitative estimate of drug-likeness (QED) is 0.352. The number of esters is 1. The Morgan fingerprint density at radius 2 is 2.17 bits per heavy atom. The van der Waals surface area contributed by atoms with E-state index in [1.165, 1.54) is 6.08 Å². The van der Waals surface area contributed by atoms with Crippen LogP contribution < -0.4 is 0 Å². The second-order valence-electron chi connectivity index (χ2n) is 2.82. The van der Waals surface area contributed by atoms with Crippen LogP contribution >= 0.6 is 0 Å². The zero-order chi connectivity index (χ0) is 9.40. The molecule has 0 unspecified atom stereocenters. The molecule has 0 aliphatic carbocycles. The lowest BCUT2D eigenvalue weighted by Gasteiger charge is -2.08. The summed E-state index contributed by atoms with van der Waals surface area (Å²) in [6, 6.07) is 0. The minimum absolute atomic E-state index is 0.253. The van der Waals surface area contributed by atoms with Crippen molar-refractivity contribution in [3.8, 4) is 0 Å². The summed E-state index contributed by atoms with van der Waals surface area (Å²) >= 11 is 0. The van der Waals surface area contributed by atoms with Gasteiger partial charge in [0, 0.05) is 12.6 Å². The molecule has 0 aromatic carbocycles. The SMILES string of the molecule is CC=CC(=O)OCCCN(C)C. The molecule has 0 aliphatic heterocycles. The lowest BCUT2D eigenvalue weighted by molar-refractivity contribution is -0.137. The molecule has 0 atom stereocenters. The average molecular weight is 171 g/mol. The molecule has 0 N–H and O–H groups in total. The van der Waals surface area contributed by atoms with Gasteiger partial charge < -0.3 is 9.64 Å². The molecular formula is C9H17NO2. The maximum atomic E-state index is 10.8. The third kappa shape index (κ3) is 7.28. The number of nitrogens with zero attached hydrogens (tertiary/aromatic N) is 1. The Morgan fingerprint density at radius 3 is 2.67 bits per heavy atom. The predicted octanol–water partition coefficient (Wildman–Crippen LogP) is 1.06. The number of carbonyl (C=O) groups excluding carboxylic acids is 1. The lowest BCUT2D eigenvalue weighted by Crippen LogP contribution is -2.15. The molecule has 12 heavy (non-hydrogen) atoms. The molecule has 0 radical (unpaired) electrons. The van der Waals surface area contributed by atoms with E-state index in [0.717, 1.165) is 13.0 Å². The molecular weight excluding hydrogens is 154 g/mol. The topological polar surface area (TPSA) is 29.5 Å². The van der Waals surface area contributed by atoms with Gasteiger partial charge in [-0.25, -0.2) is 4.79 Å². The molecule has 0 rings (SSSR count). The molecule has 0 saturated carbocycles. The fourth-order valence-electron chi connectivity index (χ4n) is 0.738. The summed E-state index contributed by atoms with van der Waals surface area (Å²) in [5, 5.41) is 0. The summed E-state index contributed by atoms with van der Waals surface area (Å²) in [5.74, 6) is -0.253.